The van der Waals surface area contributed by atoms with Gasteiger partial charge in [0, 0.05) is 18.5 Å². The summed E-state index contributed by atoms with van der Waals surface area (Å²) in [7, 11) is 0. The molecule has 3 rings (SSSR count). The summed E-state index contributed by atoms with van der Waals surface area (Å²) in [5, 5.41) is 4.41. The molecule has 0 saturated carbocycles. The van der Waals surface area contributed by atoms with Crippen LogP contribution in [0.25, 0.3) is 16.9 Å². The summed E-state index contributed by atoms with van der Waals surface area (Å²) < 4.78 is 1.68. The summed E-state index contributed by atoms with van der Waals surface area (Å²) in [4.78, 5) is 12.1. The van der Waals surface area contributed by atoms with E-state index in [1.54, 1.807) is 29.3 Å². The predicted molar refractivity (Wildman–Crippen MR) is 59.5 cm³/mol. The molecule has 0 bridgehead atoms. The summed E-state index contributed by atoms with van der Waals surface area (Å²) in [5.41, 5.74) is 1.70. The highest BCUT2D eigenvalue weighted by Gasteiger charge is 2.06. The molecule has 0 aromatic carbocycles. The van der Waals surface area contributed by atoms with Crippen LogP contribution in [0.5, 0.6) is 0 Å². The van der Waals surface area contributed by atoms with Crippen LogP contribution >= 0.6 is 11.6 Å². The van der Waals surface area contributed by atoms with Crippen molar-refractivity contribution < 1.29 is 0 Å². The topological polar surface area (TPSA) is 56.5 Å². The van der Waals surface area contributed by atoms with Crippen LogP contribution in [-0.2, 0) is 0 Å². The maximum absolute atomic E-state index is 5.73. The van der Waals surface area contributed by atoms with Crippen molar-refractivity contribution in [2.24, 2.45) is 0 Å². The molecule has 0 amide bonds. The summed E-state index contributed by atoms with van der Waals surface area (Å²) in [6, 6.07) is 5.51. The van der Waals surface area contributed by atoms with Crippen LogP contribution in [0, 0.1) is 0 Å². The molecule has 0 fully saturated rings. The lowest BCUT2D eigenvalue weighted by atomic mass is 10.4. The van der Waals surface area contributed by atoms with Gasteiger partial charge >= 0.3 is 0 Å². The molecule has 0 aliphatic rings. The van der Waals surface area contributed by atoms with Crippen molar-refractivity contribution in [2.45, 2.75) is 0 Å². The van der Waals surface area contributed by atoms with E-state index < -0.39 is 0 Å². The summed E-state index contributed by atoms with van der Waals surface area (Å²) in [5.74, 6) is 0.628. The van der Waals surface area contributed by atoms with Gasteiger partial charge in [-0.1, -0.05) is 0 Å². The van der Waals surface area contributed by atoms with Crippen molar-refractivity contribution in [3.05, 3.63) is 42.1 Å². The minimum absolute atomic E-state index is 0.199. The average molecular weight is 232 g/mol. The van der Waals surface area contributed by atoms with E-state index in [-0.39, 0.29) is 5.28 Å². The molecule has 0 spiro atoms. The predicted octanol–water partition coefficient (Wildman–Crippen LogP) is 1.86. The van der Waals surface area contributed by atoms with Crippen molar-refractivity contribution >= 4 is 22.6 Å². The highest BCUT2D eigenvalue weighted by molar-refractivity contribution is 6.28. The van der Waals surface area contributed by atoms with E-state index in [1.807, 2.05) is 12.1 Å². The highest BCUT2D eigenvalue weighted by atomic mass is 35.5. The maximum Gasteiger partial charge on any atom is 0.224 e. The van der Waals surface area contributed by atoms with E-state index in [4.69, 9.17) is 11.6 Å². The largest absolute Gasteiger partial charge is 0.253 e. The number of fused-ring (bicyclic) bond motifs is 1. The zero-order chi connectivity index (χ0) is 11.0. The molecular formula is C10H6ClN5. The molecule has 0 radical (unpaired) electrons. The van der Waals surface area contributed by atoms with Crippen molar-refractivity contribution in [1.29, 1.82) is 0 Å². The minimum Gasteiger partial charge on any atom is -0.253 e. The van der Waals surface area contributed by atoms with E-state index in [9.17, 15) is 0 Å². The van der Waals surface area contributed by atoms with Gasteiger partial charge in [0.05, 0.1) is 11.7 Å². The van der Waals surface area contributed by atoms with Gasteiger partial charge in [0.15, 0.2) is 5.82 Å². The normalized spacial score (nSPS) is 10.8. The maximum atomic E-state index is 5.73. The first-order chi connectivity index (χ1) is 7.84. The molecule has 0 N–H and O–H groups in total. The Balaban J connectivity index is 2.26. The number of nitrogens with zero attached hydrogens (tertiary/aromatic N) is 5. The molecule has 0 atom stereocenters. The SMILES string of the molecule is Clc1nccc(-n2ncc3ncccc32)n1. The van der Waals surface area contributed by atoms with Crippen molar-refractivity contribution in [3.63, 3.8) is 0 Å². The van der Waals surface area contributed by atoms with Gasteiger partial charge < -0.3 is 0 Å². The van der Waals surface area contributed by atoms with Gasteiger partial charge in [-0.15, -0.1) is 0 Å². The Hall–Kier alpha value is -2.01. The van der Waals surface area contributed by atoms with Crippen LogP contribution in [0.1, 0.15) is 0 Å². The van der Waals surface area contributed by atoms with Crippen molar-refractivity contribution in [1.82, 2.24) is 24.7 Å². The zero-order valence-electron chi connectivity index (χ0n) is 8.08. The van der Waals surface area contributed by atoms with E-state index in [2.05, 4.69) is 20.1 Å². The lowest BCUT2D eigenvalue weighted by Gasteiger charge is -2.01. The fourth-order valence-electron chi connectivity index (χ4n) is 1.49. The monoisotopic (exact) mass is 231 g/mol. The number of hydrogen-bond donors (Lipinski definition) is 0. The van der Waals surface area contributed by atoms with E-state index in [1.165, 1.54) is 0 Å². The molecule has 0 aliphatic carbocycles. The third-order valence-corrected chi connectivity index (χ3v) is 2.35. The molecule has 0 saturated heterocycles. The number of pyridine rings is 1. The highest BCUT2D eigenvalue weighted by Crippen LogP contribution is 2.14. The third kappa shape index (κ3) is 1.42. The van der Waals surface area contributed by atoms with Crippen LogP contribution in [0.15, 0.2) is 36.8 Å². The second-order valence-corrected chi connectivity index (χ2v) is 3.49. The fraction of sp³-hybridized carbons (Fsp3) is 0. The summed E-state index contributed by atoms with van der Waals surface area (Å²) in [6.07, 6.45) is 5.00. The van der Waals surface area contributed by atoms with E-state index >= 15 is 0 Å². The number of rotatable bonds is 1. The molecule has 3 aromatic rings. The molecule has 3 heterocycles. The van der Waals surface area contributed by atoms with Crippen LogP contribution in [0.2, 0.25) is 5.28 Å². The van der Waals surface area contributed by atoms with E-state index in [0.29, 0.717) is 5.82 Å². The quantitative estimate of drug-likeness (QED) is 0.600. The van der Waals surface area contributed by atoms with Gasteiger partial charge in [-0.3, -0.25) is 4.98 Å². The van der Waals surface area contributed by atoms with Crippen LogP contribution in [0.4, 0.5) is 0 Å². The Kier molecular flexibility index (Phi) is 2.04. The van der Waals surface area contributed by atoms with Crippen LogP contribution < -0.4 is 0 Å². The van der Waals surface area contributed by atoms with Crippen LogP contribution in [0.3, 0.4) is 0 Å². The number of halogens is 1. The Morgan fingerprint density at radius 1 is 1.12 bits per heavy atom. The second-order valence-electron chi connectivity index (χ2n) is 3.15. The van der Waals surface area contributed by atoms with Gasteiger partial charge in [-0.05, 0) is 23.7 Å². The van der Waals surface area contributed by atoms with E-state index in [0.717, 1.165) is 11.0 Å². The Morgan fingerprint density at radius 2 is 2.06 bits per heavy atom. The van der Waals surface area contributed by atoms with Crippen molar-refractivity contribution in [3.8, 4) is 5.82 Å². The minimum atomic E-state index is 0.199. The fourth-order valence-corrected chi connectivity index (χ4v) is 1.63. The third-order valence-electron chi connectivity index (χ3n) is 2.17. The van der Waals surface area contributed by atoms with Gasteiger partial charge in [0.25, 0.3) is 0 Å². The smallest absolute Gasteiger partial charge is 0.224 e. The van der Waals surface area contributed by atoms with Crippen LogP contribution in [-0.4, -0.2) is 24.7 Å². The first-order valence-corrected chi connectivity index (χ1v) is 5.00. The lowest BCUT2D eigenvalue weighted by Crippen LogP contribution is -1.99. The molecule has 0 unspecified atom stereocenters. The molecular weight excluding hydrogens is 226 g/mol. The summed E-state index contributed by atoms with van der Waals surface area (Å²) >= 11 is 5.73. The first kappa shape index (κ1) is 9.23. The van der Waals surface area contributed by atoms with Gasteiger partial charge in [-0.25, -0.2) is 9.67 Å². The lowest BCUT2D eigenvalue weighted by molar-refractivity contribution is 0.866. The Bertz CT molecular complexity index is 648. The Labute approximate surface area is 95.7 Å². The average Bonchev–Trinajstić information content (AvgIpc) is 2.72. The standard InChI is InChI=1S/C10H6ClN5/c11-10-13-5-3-9(15-10)16-8-2-1-4-12-7(8)6-14-16/h1-6H. The van der Waals surface area contributed by atoms with Gasteiger partial charge in [-0.2, -0.15) is 10.1 Å². The van der Waals surface area contributed by atoms with Gasteiger partial charge in [0.1, 0.15) is 5.52 Å². The second kappa shape index (κ2) is 3.53. The number of aromatic nitrogens is 5. The zero-order valence-corrected chi connectivity index (χ0v) is 8.83. The first-order valence-electron chi connectivity index (χ1n) is 4.62. The molecule has 78 valence electrons. The molecule has 0 aliphatic heterocycles. The molecule has 5 nitrogen and oxygen atoms in total. The van der Waals surface area contributed by atoms with Crippen molar-refractivity contribution in [2.75, 3.05) is 0 Å². The summed E-state index contributed by atoms with van der Waals surface area (Å²) in [6.45, 7) is 0. The van der Waals surface area contributed by atoms with Gasteiger partial charge in [0.2, 0.25) is 5.28 Å². The Morgan fingerprint density at radius 3 is 2.94 bits per heavy atom. The molecule has 3 aromatic heterocycles. The number of hydrogen-bond acceptors (Lipinski definition) is 4. The molecule has 16 heavy (non-hydrogen) atoms. The molecule has 6 heteroatoms.